The van der Waals surface area contributed by atoms with E-state index in [9.17, 15) is 23.1 Å². The molecule has 0 aliphatic carbocycles. The number of carboxylic acid groups (broad SMARTS) is 1. The van der Waals surface area contributed by atoms with Crippen molar-refractivity contribution in [3.8, 4) is 0 Å². The number of nitrogens with one attached hydrogen (secondary N) is 1. The molecule has 10 nitrogen and oxygen atoms in total. The number of carbonyl (C=O) groups excluding carboxylic acids is 1. The first-order valence-corrected chi connectivity index (χ1v) is 14.1. The Morgan fingerprint density at radius 1 is 1.05 bits per heavy atom. The minimum absolute atomic E-state index is 0.0471. The molecule has 0 saturated carbocycles. The lowest BCUT2D eigenvalue weighted by molar-refractivity contribution is 0.0696. The van der Waals surface area contributed by atoms with E-state index in [1.165, 1.54) is 16.4 Å². The molecule has 0 spiro atoms. The molecule has 2 aromatic carbocycles. The highest BCUT2D eigenvalue weighted by molar-refractivity contribution is 7.91. The lowest BCUT2D eigenvalue weighted by Gasteiger charge is -2.30. The highest BCUT2D eigenvalue weighted by atomic mass is 35.5. The summed E-state index contributed by atoms with van der Waals surface area (Å²) in [7, 11) is -3.67. The van der Waals surface area contributed by atoms with Gasteiger partial charge in [-0.15, -0.1) is 16.4 Å². The highest BCUT2D eigenvalue weighted by Gasteiger charge is 2.32. The normalized spacial score (nSPS) is 15.2. The Hall–Kier alpha value is -3.32. The lowest BCUT2D eigenvalue weighted by Crippen LogP contribution is -2.38. The van der Waals surface area contributed by atoms with E-state index >= 15 is 0 Å². The second kappa shape index (κ2) is 10.2. The summed E-state index contributed by atoms with van der Waals surface area (Å²) in [5.41, 5.74) is 1.82. The molecule has 1 fully saturated rings. The topological polar surface area (TPSA) is 134 Å². The predicted molar refractivity (Wildman–Crippen MR) is 138 cm³/mol. The SMILES string of the molecule is O=C(O)c1ccc2c(c1)nnn2C1CCN(S(=O)(=O)c2ccc(CNC(=O)c3ccc(Cl)cc3)s2)CC1. The molecule has 13 heteroatoms. The van der Waals surface area contributed by atoms with Gasteiger partial charge in [-0.3, -0.25) is 4.79 Å². The molecule has 1 aliphatic heterocycles. The van der Waals surface area contributed by atoms with E-state index in [0.717, 1.165) is 21.7 Å². The van der Waals surface area contributed by atoms with Crippen molar-refractivity contribution in [2.45, 2.75) is 29.6 Å². The molecule has 2 aromatic heterocycles. The average molecular weight is 560 g/mol. The van der Waals surface area contributed by atoms with Crippen molar-refractivity contribution in [2.24, 2.45) is 0 Å². The Morgan fingerprint density at radius 3 is 2.46 bits per heavy atom. The molecule has 1 saturated heterocycles. The molecule has 1 aliphatic rings. The van der Waals surface area contributed by atoms with Gasteiger partial charge < -0.3 is 10.4 Å². The summed E-state index contributed by atoms with van der Waals surface area (Å²) in [6, 6.07) is 14.4. The summed E-state index contributed by atoms with van der Waals surface area (Å²) in [6.07, 6.45) is 1.10. The maximum Gasteiger partial charge on any atom is 0.335 e. The number of carboxylic acids is 1. The molecule has 2 N–H and O–H groups in total. The fourth-order valence-electron chi connectivity index (χ4n) is 4.26. The monoisotopic (exact) mass is 559 g/mol. The fraction of sp³-hybridized carbons (Fsp3) is 0.250. The summed E-state index contributed by atoms with van der Waals surface area (Å²) < 4.78 is 29.9. The van der Waals surface area contributed by atoms with Crippen molar-refractivity contribution in [2.75, 3.05) is 13.1 Å². The molecule has 0 radical (unpaired) electrons. The number of thiophene rings is 1. The molecular weight excluding hydrogens is 538 g/mol. The van der Waals surface area contributed by atoms with Crippen LogP contribution in [0.25, 0.3) is 11.0 Å². The summed E-state index contributed by atoms with van der Waals surface area (Å²) in [5, 5.41) is 20.8. The second-order valence-corrected chi connectivity index (χ2v) is 12.4. The minimum atomic E-state index is -3.67. The van der Waals surface area contributed by atoms with E-state index in [2.05, 4.69) is 15.6 Å². The van der Waals surface area contributed by atoms with Crippen molar-refractivity contribution < 1.29 is 23.1 Å². The Morgan fingerprint density at radius 2 is 1.76 bits per heavy atom. The molecule has 3 heterocycles. The van der Waals surface area contributed by atoms with Gasteiger partial charge in [-0.05, 0) is 67.4 Å². The van der Waals surface area contributed by atoms with Gasteiger partial charge in [0.1, 0.15) is 9.73 Å². The number of sulfonamides is 1. The van der Waals surface area contributed by atoms with Gasteiger partial charge in [0.15, 0.2) is 0 Å². The number of hydrogen-bond donors (Lipinski definition) is 2. The van der Waals surface area contributed by atoms with Crippen LogP contribution in [-0.4, -0.2) is 57.8 Å². The number of aromatic carboxylic acids is 1. The van der Waals surface area contributed by atoms with E-state index in [1.54, 1.807) is 47.1 Å². The van der Waals surface area contributed by atoms with Crippen LogP contribution in [0.15, 0.2) is 58.8 Å². The zero-order valence-electron chi connectivity index (χ0n) is 19.4. The number of benzene rings is 2. The zero-order valence-corrected chi connectivity index (χ0v) is 21.8. The van der Waals surface area contributed by atoms with E-state index in [0.29, 0.717) is 42.0 Å². The van der Waals surface area contributed by atoms with E-state index < -0.39 is 16.0 Å². The molecule has 4 aromatic rings. The summed E-state index contributed by atoms with van der Waals surface area (Å²) in [5.74, 6) is -1.30. The predicted octanol–water partition coefficient (Wildman–Crippen LogP) is 3.80. The van der Waals surface area contributed by atoms with E-state index in [4.69, 9.17) is 11.6 Å². The quantitative estimate of drug-likeness (QED) is 0.351. The maximum atomic E-state index is 13.2. The molecule has 0 bridgehead atoms. The highest BCUT2D eigenvalue weighted by Crippen LogP contribution is 2.31. The Labute approximate surface area is 221 Å². The third-order valence-electron chi connectivity index (χ3n) is 6.25. The van der Waals surface area contributed by atoms with Gasteiger partial charge in [-0.25, -0.2) is 17.9 Å². The molecular formula is C24H22ClN5O5S2. The van der Waals surface area contributed by atoms with Crippen LogP contribution in [0.1, 0.15) is 44.5 Å². The van der Waals surface area contributed by atoms with Crippen LogP contribution in [0.5, 0.6) is 0 Å². The number of amides is 1. The van der Waals surface area contributed by atoms with Crippen molar-refractivity contribution in [1.29, 1.82) is 0 Å². The first-order valence-electron chi connectivity index (χ1n) is 11.4. The number of piperidine rings is 1. The van der Waals surface area contributed by atoms with Gasteiger partial charge in [-0.2, -0.15) is 4.31 Å². The van der Waals surface area contributed by atoms with Crippen molar-refractivity contribution in [3.63, 3.8) is 0 Å². The van der Waals surface area contributed by atoms with Gasteiger partial charge in [0.25, 0.3) is 15.9 Å². The Balaban J connectivity index is 1.21. The molecule has 192 valence electrons. The van der Waals surface area contributed by atoms with E-state index in [1.807, 2.05) is 0 Å². The number of aromatic nitrogens is 3. The van der Waals surface area contributed by atoms with Gasteiger partial charge in [0, 0.05) is 28.6 Å². The lowest BCUT2D eigenvalue weighted by atomic mass is 10.1. The van der Waals surface area contributed by atoms with Crippen molar-refractivity contribution >= 4 is 55.9 Å². The molecule has 1 amide bonds. The molecule has 0 atom stereocenters. The Kier molecular flexibility index (Phi) is 6.99. The smallest absolute Gasteiger partial charge is 0.335 e. The summed E-state index contributed by atoms with van der Waals surface area (Å²) in [6.45, 7) is 0.858. The number of rotatable bonds is 7. The number of halogens is 1. The molecule has 37 heavy (non-hydrogen) atoms. The maximum absolute atomic E-state index is 13.2. The minimum Gasteiger partial charge on any atom is -0.478 e. The summed E-state index contributed by atoms with van der Waals surface area (Å²) >= 11 is 6.99. The van der Waals surface area contributed by atoms with Crippen molar-refractivity contribution in [1.82, 2.24) is 24.6 Å². The number of fused-ring (bicyclic) bond motifs is 1. The van der Waals surface area contributed by atoms with Gasteiger partial charge >= 0.3 is 5.97 Å². The zero-order chi connectivity index (χ0) is 26.2. The fourth-order valence-corrected chi connectivity index (χ4v) is 7.31. The van der Waals surface area contributed by atoms with Gasteiger partial charge in [0.05, 0.1) is 23.7 Å². The first kappa shape index (κ1) is 25.3. The van der Waals surface area contributed by atoms with Gasteiger partial charge in [0.2, 0.25) is 0 Å². The largest absolute Gasteiger partial charge is 0.478 e. The van der Waals surface area contributed by atoms with Crippen LogP contribution in [0.4, 0.5) is 0 Å². The van der Waals surface area contributed by atoms with Crippen LogP contribution in [0.3, 0.4) is 0 Å². The second-order valence-electron chi connectivity index (χ2n) is 8.59. The average Bonchev–Trinajstić information content (AvgIpc) is 3.55. The van der Waals surface area contributed by atoms with Crippen LogP contribution >= 0.6 is 22.9 Å². The third kappa shape index (κ3) is 5.23. The first-order chi connectivity index (χ1) is 17.7. The third-order valence-corrected chi connectivity index (χ3v) is 9.95. The van der Waals surface area contributed by atoms with Crippen molar-refractivity contribution in [3.05, 3.63) is 75.6 Å². The van der Waals surface area contributed by atoms with E-state index in [-0.39, 0.29) is 28.3 Å². The summed E-state index contributed by atoms with van der Waals surface area (Å²) in [4.78, 5) is 24.2. The number of hydrogen-bond acceptors (Lipinski definition) is 7. The van der Waals surface area contributed by atoms with Crippen LogP contribution in [0, 0.1) is 0 Å². The van der Waals surface area contributed by atoms with Crippen LogP contribution in [-0.2, 0) is 16.6 Å². The Bertz CT molecular complexity index is 1570. The molecule has 5 rings (SSSR count). The van der Waals surface area contributed by atoms with Crippen LogP contribution in [0.2, 0.25) is 5.02 Å². The molecule has 0 unspecified atom stereocenters. The van der Waals surface area contributed by atoms with Gasteiger partial charge in [-0.1, -0.05) is 16.8 Å². The number of carbonyl (C=O) groups is 2. The van der Waals surface area contributed by atoms with Crippen LogP contribution < -0.4 is 5.32 Å². The standard InChI is InChI=1S/C24H22ClN5O5S2/c25-17-4-1-15(2-5-17)23(31)26-14-19-6-8-22(36-19)37(34,35)29-11-9-18(10-12-29)30-21-7-3-16(24(32)33)13-20(21)27-28-30/h1-8,13,18H,9-12,14H2,(H,26,31)(H,32,33). The number of nitrogens with zero attached hydrogens (tertiary/aromatic N) is 4.